The Bertz CT molecular complexity index is 425. The van der Waals surface area contributed by atoms with Crippen LogP contribution in [0.4, 0.5) is 13.2 Å². The summed E-state index contributed by atoms with van der Waals surface area (Å²) in [7, 11) is 0. The molecule has 0 spiro atoms. The third kappa shape index (κ3) is 4.61. The van der Waals surface area contributed by atoms with Crippen molar-refractivity contribution in [2.45, 2.75) is 50.9 Å². The number of piperidine rings is 1. The zero-order chi connectivity index (χ0) is 16.2. The molecule has 0 aromatic carbocycles. The average molecular weight is 310 g/mol. The Balaban J connectivity index is 2.64. The van der Waals surface area contributed by atoms with Crippen LogP contribution in [-0.2, 0) is 14.4 Å². The number of carbonyl (C=O) groups excluding carboxylic acids is 2. The van der Waals surface area contributed by atoms with Crippen LogP contribution in [0.3, 0.4) is 0 Å². The summed E-state index contributed by atoms with van der Waals surface area (Å²) in [5.74, 6) is -4.41. The van der Waals surface area contributed by atoms with Gasteiger partial charge in [-0.3, -0.25) is 9.59 Å². The minimum atomic E-state index is -4.55. The van der Waals surface area contributed by atoms with Crippen LogP contribution >= 0.6 is 0 Å². The standard InChI is InChI=1S/C12H17F3N2O4/c1-2-3-7(11(20)21)16-9(18)6-4-5-8(12(13,14)15)17-10(6)19/h6-8H,2-5H2,1H3,(H,16,18)(H,17,19)(H,20,21). The fraction of sp³-hybridized carbons (Fsp3) is 0.750. The van der Waals surface area contributed by atoms with Crippen LogP contribution in [0.15, 0.2) is 0 Å². The summed E-state index contributed by atoms with van der Waals surface area (Å²) in [6, 6.07) is -3.10. The molecule has 9 heteroatoms. The van der Waals surface area contributed by atoms with Gasteiger partial charge in [0.05, 0.1) is 0 Å². The van der Waals surface area contributed by atoms with Crippen molar-refractivity contribution in [3.63, 3.8) is 0 Å². The van der Waals surface area contributed by atoms with Gasteiger partial charge in [-0.15, -0.1) is 0 Å². The van der Waals surface area contributed by atoms with Crippen LogP contribution in [0, 0.1) is 5.92 Å². The van der Waals surface area contributed by atoms with E-state index in [1.807, 2.05) is 0 Å². The molecule has 1 rings (SSSR count). The van der Waals surface area contributed by atoms with Crippen molar-refractivity contribution in [2.75, 3.05) is 0 Å². The van der Waals surface area contributed by atoms with Crippen LogP contribution in [0.5, 0.6) is 0 Å². The highest BCUT2D eigenvalue weighted by Crippen LogP contribution is 2.28. The highest BCUT2D eigenvalue weighted by Gasteiger charge is 2.46. The minimum Gasteiger partial charge on any atom is -0.480 e. The Morgan fingerprint density at radius 1 is 1.43 bits per heavy atom. The van der Waals surface area contributed by atoms with Crippen molar-refractivity contribution in [3.05, 3.63) is 0 Å². The van der Waals surface area contributed by atoms with Gasteiger partial charge in [0.2, 0.25) is 11.8 Å². The average Bonchev–Trinajstić information content (AvgIpc) is 2.36. The molecular weight excluding hydrogens is 293 g/mol. The first-order valence-corrected chi connectivity index (χ1v) is 6.57. The van der Waals surface area contributed by atoms with E-state index in [1.165, 1.54) is 0 Å². The summed E-state index contributed by atoms with van der Waals surface area (Å²) in [5, 5.41) is 12.8. The normalized spacial score (nSPS) is 24.1. The fourth-order valence-electron chi connectivity index (χ4n) is 2.12. The van der Waals surface area contributed by atoms with Crippen molar-refractivity contribution in [3.8, 4) is 0 Å². The number of alkyl halides is 3. The molecule has 0 aliphatic carbocycles. The van der Waals surface area contributed by atoms with E-state index in [4.69, 9.17) is 5.11 Å². The predicted octanol–water partition coefficient (Wildman–Crippen LogP) is 0.813. The molecule has 3 N–H and O–H groups in total. The molecule has 1 fully saturated rings. The Morgan fingerprint density at radius 2 is 2.05 bits per heavy atom. The predicted molar refractivity (Wildman–Crippen MR) is 65.2 cm³/mol. The molecular formula is C12H17F3N2O4. The monoisotopic (exact) mass is 310 g/mol. The molecule has 2 amide bonds. The van der Waals surface area contributed by atoms with Gasteiger partial charge < -0.3 is 15.7 Å². The smallest absolute Gasteiger partial charge is 0.408 e. The fourth-order valence-corrected chi connectivity index (χ4v) is 2.12. The van der Waals surface area contributed by atoms with Crippen LogP contribution < -0.4 is 10.6 Å². The highest BCUT2D eigenvalue weighted by atomic mass is 19.4. The maximum absolute atomic E-state index is 12.5. The van der Waals surface area contributed by atoms with E-state index in [2.05, 4.69) is 5.32 Å². The number of rotatable bonds is 5. The van der Waals surface area contributed by atoms with Crippen LogP contribution in [0.2, 0.25) is 0 Å². The van der Waals surface area contributed by atoms with E-state index < -0.39 is 48.4 Å². The van der Waals surface area contributed by atoms with Gasteiger partial charge in [-0.05, 0) is 19.3 Å². The Morgan fingerprint density at radius 3 is 2.48 bits per heavy atom. The zero-order valence-corrected chi connectivity index (χ0v) is 11.4. The molecule has 3 unspecified atom stereocenters. The first-order valence-electron chi connectivity index (χ1n) is 6.57. The molecule has 0 aromatic rings. The largest absolute Gasteiger partial charge is 0.480 e. The molecule has 1 aliphatic heterocycles. The molecule has 0 saturated carbocycles. The number of hydrogen-bond donors (Lipinski definition) is 3. The number of hydrogen-bond acceptors (Lipinski definition) is 3. The van der Waals surface area contributed by atoms with Crippen molar-refractivity contribution in [1.82, 2.24) is 10.6 Å². The topological polar surface area (TPSA) is 95.5 Å². The second-order valence-corrected chi connectivity index (χ2v) is 4.92. The van der Waals surface area contributed by atoms with E-state index >= 15 is 0 Å². The molecule has 0 radical (unpaired) electrons. The summed E-state index contributed by atoms with van der Waals surface area (Å²) < 4.78 is 37.4. The van der Waals surface area contributed by atoms with E-state index in [1.54, 1.807) is 12.2 Å². The number of carboxylic acid groups (broad SMARTS) is 1. The van der Waals surface area contributed by atoms with Gasteiger partial charge in [0.15, 0.2) is 0 Å². The Hall–Kier alpha value is -1.80. The number of halogens is 3. The number of aliphatic carboxylic acids is 1. The van der Waals surface area contributed by atoms with Crippen molar-refractivity contribution in [2.24, 2.45) is 5.92 Å². The Kier molecular flexibility index (Phi) is 5.56. The lowest BCUT2D eigenvalue weighted by molar-refractivity contribution is -0.171. The van der Waals surface area contributed by atoms with Crippen molar-refractivity contribution < 1.29 is 32.7 Å². The molecule has 6 nitrogen and oxygen atoms in total. The van der Waals surface area contributed by atoms with E-state index in [0.29, 0.717) is 6.42 Å². The van der Waals surface area contributed by atoms with E-state index in [-0.39, 0.29) is 12.8 Å². The summed E-state index contributed by atoms with van der Waals surface area (Å²) in [6.07, 6.45) is -4.53. The van der Waals surface area contributed by atoms with Crippen molar-refractivity contribution >= 4 is 17.8 Å². The van der Waals surface area contributed by atoms with Crippen LogP contribution in [0.25, 0.3) is 0 Å². The lowest BCUT2D eigenvalue weighted by Gasteiger charge is -2.30. The van der Waals surface area contributed by atoms with Gasteiger partial charge in [-0.25, -0.2) is 4.79 Å². The maximum atomic E-state index is 12.5. The van der Waals surface area contributed by atoms with Gasteiger partial charge in [0.25, 0.3) is 0 Å². The SMILES string of the molecule is CCCC(NC(=O)C1CCC(C(F)(F)F)NC1=O)C(=O)O. The number of carbonyl (C=O) groups is 3. The van der Waals surface area contributed by atoms with Gasteiger partial charge in [0, 0.05) is 0 Å². The summed E-state index contributed by atoms with van der Waals surface area (Å²) in [6.45, 7) is 1.73. The quantitative estimate of drug-likeness (QED) is 0.655. The first kappa shape index (κ1) is 17.3. The highest BCUT2D eigenvalue weighted by molar-refractivity contribution is 6.01. The molecule has 3 atom stereocenters. The van der Waals surface area contributed by atoms with E-state index in [9.17, 15) is 27.6 Å². The molecule has 21 heavy (non-hydrogen) atoms. The summed E-state index contributed by atoms with van der Waals surface area (Å²) in [5.41, 5.74) is 0. The molecule has 120 valence electrons. The maximum Gasteiger partial charge on any atom is 0.408 e. The van der Waals surface area contributed by atoms with Gasteiger partial charge in [0.1, 0.15) is 18.0 Å². The lowest BCUT2D eigenvalue weighted by atomic mass is 9.92. The lowest BCUT2D eigenvalue weighted by Crippen LogP contribution is -2.55. The van der Waals surface area contributed by atoms with E-state index in [0.717, 1.165) is 0 Å². The number of carboxylic acids is 1. The first-order chi connectivity index (χ1) is 9.66. The molecule has 1 saturated heterocycles. The second kappa shape index (κ2) is 6.77. The zero-order valence-electron chi connectivity index (χ0n) is 11.4. The Labute approximate surface area is 119 Å². The molecule has 0 bridgehead atoms. The third-order valence-electron chi connectivity index (χ3n) is 3.28. The number of nitrogens with one attached hydrogen (secondary N) is 2. The number of amides is 2. The van der Waals surface area contributed by atoms with Gasteiger partial charge in [-0.2, -0.15) is 13.2 Å². The van der Waals surface area contributed by atoms with Crippen molar-refractivity contribution in [1.29, 1.82) is 0 Å². The van der Waals surface area contributed by atoms with Crippen LogP contribution in [-0.4, -0.2) is 41.2 Å². The second-order valence-electron chi connectivity index (χ2n) is 4.92. The summed E-state index contributed by atoms with van der Waals surface area (Å²) >= 11 is 0. The third-order valence-corrected chi connectivity index (χ3v) is 3.28. The van der Waals surface area contributed by atoms with Gasteiger partial charge >= 0.3 is 12.1 Å². The molecule has 0 aromatic heterocycles. The summed E-state index contributed by atoms with van der Waals surface area (Å²) in [4.78, 5) is 34.3. The van der Waals surface area contributed by atoms with Crippen LogP contribution in [0.1, 0.15) is 32.6 Å². The molecule has 1 aliphatic rings. The van der Waals surface area contributed by atoms with Gasteiger partial charge in [-0.1, -0.05) is 13.3 Å². The molecule has 1 heterocycles. The minimum absolute atomic E-state index is 0.181.